The maximum atomic E-state index is 5.75. The van der Waals surface area contributed by atoms with Crippen LogP contribution < -0.4 is 5.32 Å². The Morgan fingerprint density at radius 2 is 2.17 bits per heavy atom. The van der Waals surface area contributed by atoms with E-state index in [4.69, 9.17) is 9.47 Å². The van der Waals surface area contributed by atoms with Gasteiger partial charge in [-0.15, -0.1) is 0 Å². The van der Waals surface area contributed by atoms with Crippen LogP contribution >= 0.6 is 0 Å². The third-order valence-corrected chi connectivity index (χ3v) is 3.22. The molecule has 4 heteroatoms. The Morgan fingerprint density at radius 3 is 2.94 bits per heavy atom. The minimum atomic E-state index is 0.348. The van der Waals surface area contributed by atoms with E-state index in [1.165, 1.54) is 19.3 Å². The third kappa shape index (κ3) is 7.31. The number of unbranched alkanes of at least 4 members (excludes halogenated alkanes) is 1. The molecule has 1 fully saturated rings. The molecule has 1 rings (SSSR count). The third-order valence-electron chi connectivity index (χ3n) is 3.22. The molecule has 0 aromatic heterocycles. The van der Waals surface area contributed by atoms with Gasteiger partial charge >= 0.3 is 0 Å². The summed E-state index contributed by atoms with van der Waals surface area (Å²) in [6, 6.07) is 0. The van der Waals surface area contributed by atoms with Crippen molar-refractivity contribution in [3.05, 3.63) is 0 Å². The number of hydrogen-bond donors (Lipinski definition) is 1. The summed E-state index contributed by atoms with van der Waals surface area (Å²) in [7, 11) is 0. The number of hydrogen-bond acceptors (Lipinski definition) is 4. The second-order valence-electron chi connectivity index (χ2n) is 4.96. The van der Waals surface area contributed by atoms with Crippen molar-refractivity contribution in [2.24, 2.45) is 0 Å². The van der Waals surface area contributed by atoms with Gasteiger partial charge in [0.2, 0.25) is 0 Å². The molecule has 1 heterocycles. The SMILES string of the molecule is CCCCOCCN1CCO[C@H](CNCCC)C1. The topological polar surface area (TPSA) is 33.7 Å². The maximum absolute atomic E-state index is 5.75. The average Bonchev–Trinajstić information content (AvgIpc) is 2.39. The summed E-state index contributed by atoms with van der Waals surface area (Å²) in [5.74, 6) is 0. The quantitative estimate of drug-likeness (QED) is 0.602. The van der Waals surface area contributed by atoms with E-state index >= 15 is 0 Å². The predicted molar refractivity (Wildman–Crippen MR) is 75.1 cm³/mol. The van der Waals surface area contributed by atoms with Crippen LogP contribution in [0.4, 0.5) is 0 Å². The van der Waals surface area contributed by atoms with Crippen molar-refractivity contribution < 1.29 is 9.47 Å². The average molecular weight is 258 g/mol. The van der Waals surface area contributed by atoms with Crippen LogP contribution in [-0.4, -0.2) is 63.5 Å². The molecular weight excluding hydrogens is 228 g/mol. The molecule has 1 N–H and O–H groups in total. The minimum absolute atomic E-state index is 0.348. The lowest BCUT2D eigenvalue weighted by molar-refractivity contribution is -0.0348. The molecule has 0 aromatic carbocycles. The van der Waals surface area contributed by atoms with Gasteiger partial charge < -0.3 is 14.8 Å². The lowest BCUT2D eigenvalue weighted by Crippen LogP contribution is -2.47. The summed E-state index contributed by atoms with van der Waals surface area (Å²) in [5, 5.41) is 3.43. The second-order valence-corrected chi connectivity index (χ2v) is 4.96. The van der Waals surface area contributed by atoms with Gasteiger partial charge in [-0.05, 0) is 19.4 Å². The summed E-state index contributed by atoms with van der Waals surface area (Å²) in [6.07, 6.45) is 3.91. The van der Waals surface area contributed by atoms with Gasteiger partial charge in [-0.1, -0.05) is 20.3 Å². The highest BCUT2D eigenvalue weighted by atomic mass is 16.5. The first kappa shape index (κ1) is 15.9. The molecule has 0 unspecified atom stereocenters. The number of morpholine rings is 1. The maximum Gasteiger partial charge on any atom is 0.0826 e. The van der Waals surface area contributed by atoms with Crippen molar-refractivity contribution in [3.63, 3.8) is 0 Å². The lowest BCUT2D eigenvalue weighted by Gasteiger charge is -2.33. The number of nitrogens with one attached hydrogen (secondary N) is 1. The van der Waals surface area contributed by atoms with E-state index in [1.54, 1.807) is 0 Å². The van der Waals surface area contributed by atoms with Crippen LogP contribution in [0.25, 0.3) is 0 Å². The number of ether oxygens (including phenoxy) is 2. The lowest BCUT2D eigenvalue weighted by atomic mass is 10.2. The van der Waals surface area contributed by atoms with E-state index in [2.05, 4.69) is 24.1 Å². The molecule has 0 bridgehead atoms. The van der Waals surface area contributed by atoms with Crippen LogP contribution in [0.3, 0.4) is 0 Å². The Balaban J connectivity index is 2.03. The summed E-state index contributed by atoms with van der Waals surface area (Å²) in [6.45, 7) is 12.2. The minimum Gasteiger partial charge on any atom is -0.380 e. The zero-order valence-electron chi connectivity index (χ0n) is 12.1. The van der Waals surface area contributed by atoms with Crippen LogP contribution in [-0.2, 0) is 9.47 Å². The summed E-state index contributed by atoms with van der Waals surface area (Å²) < 4.78 is 11.4. The van der Waals surface area contributed by atoms with Crippen molar-refractivity contribution >= 4 is 0 Å². The highest BCUT2D eigenvalue weighted by Gasteiger charge is 2.19. The van der Waals surface area contributed by atoms with Crippen molar-refractivity contribution in [3.8, 4) is 0 Å². The monoisotopic (exact) mass is 258 g/mol. The Morgan fingerprint density at radius 1 is 1.28 bits per heavy atom. The normalized spacial score (nSPS) is 21.3. The summed E-state index contributed by atoms with van der Waals surface area (Å²) >= 11 is 0. The van der Waals surface area contributed by atoms with E-state index < -0.39 is 0 Å². The van der Waals surface area contributed by atoms with Crippen LogP contribution in [0.5, 0.6) is 0 Å². The van der Waals surface area contributed by atoms with Gasteiger partial charge in [-0.2, -0.15) is 0 Å². The molecule has 0 aliphatic carbocycles. The molecule has 18 heavy (non-hydrogen) atoms. The summed E-state index contributed by atoms with van der Waals surface area (Å²) in [5.41, 5.74) is 0. The Bertz CT molecular complexity index is 191. The molecular formula is C14H30N2O2. The fraction of sp³-hybridized carbons (Fsp3) is 1.00. The van der Waals surface area contributed by atoms with Crippen molar-refractivity contribution in [2.75, 3.05) is 52.5 Å². The number of rotatable bonds is 10. The highest BCUT2D eigenvalue weighted by molar-refractivity contribution is 4.73. The molecule has 0 radical (unpaired) electrons. The Hall–Kier alpha value is -0.160. The van der Waals surface area contributed by atoms with Crippen LogP contribution in [0, 0.1) is 0 Å². The molecule has 0 saturated carbocycles. The van der Waals surface area contributed by atoms with Gasteiger partial charge in [-0.25, -0.2) is 0 Å². The van der Waals surface area contributed by atoms with E-state index in [0.29, 0.717) is 6.10 Å². The Kier molecular flexibility index (Phi) is 9.48. The molecule has 1 atom stereocenters. The molecule has 0 amide bonds. The van der Waals surface area contributed by atoms with Crippen LogP contribution in [0.2, 0.25) is 0 Å². The molecule has 1 aliphatic heterocycles. The van der Waals surface area contributed by atoms with Crippen molar-refractivity contribution in [1.29, 1.82) is 0 Å². The standard InChI is InChI=1S/C14H30N2O2/c1-3-5-9-17-10-7-16-8-11-18-14(13-16)12-15-6-4-2/h14-15H,3-13H2,1-2H3/t14-/m1/s1. The van der Waals surface area contributed by atoms with E-state index in [0.717, 1.165) is 52.5 Å². The smallest absolute Gasteiger partial charge is 0.0826 e. The number of nitrogens with zero attached hydrogens (tertiary/aromatic N) is 1. The van der Waals surface area contributed by atoms with Gasteiger partial charge in [0.1, 0.15) is 0 Å². The summed E-state index contributed by atoms with van der Waals surface area (Å²) in [4.78, 5) is 2.45. The van der Waals surface area contributed by atoms with Gasteiger partial charge in [0.15, 0.2) is 0 Å². The predicted octanol–water partition coefficient (Wildman–Crippen LogP) is 1.50. The fourth-order valence-corrected chi connectivity index (χ4v) is 2.09. The fourth-order valence-electron chi connectivity index (χ4n) is 2.09. The first-order chi connectivity index (χ1) is 8.86. The van der Waals surface area contributed by atoms with E-state index in [9.17, 15) is 0 Å². The van der Waals surface area contributed by atoms with Crippen molar-refractivity contribution in [1.82, 2.24) is 10.2 Å². The van der Waals surface area contributed by atoms with Gasteiger partial charge in [-0.3, -0.25) is 4.90 Å². The first-order valence-corrected chi connectivity index (χ1v) is 7.49. The van der Waals surface area contributed by atoms with Gasteiger partial charge in [0.25, 0.3) is 0 Å². The molecule has 108 valence electrons. The van der Waals surface area contributed by atoms with Gasteiger partial charge in [0.05, 0.1) is 19.3 Å². The largest absolute Gasteiger partial charge is 0.380 e. The molecule has 0 aromatic rings. The first-order valence-electron chi connectivity index (χ1n) is 7.49. The van der Waals surface area contributed by atoms with Crippen molar-refractivity contribution in [2.45, 2.75) is 39.2 Å². The van der Waals surface area contributed by atoms with Crippen LogP contribution in [0.15, 0.2) is 0 Å². The molecule has 0 spiro atoms. The Labute approximate surface area is 112 Å². The van der Waals surface area contributed by atoms with Gasteiger partial charge in [0, 0.05) is 32.8 Å². The van der Waals surface area contributed by atoms with E-state index in [-0.39, 0.29) is 0 Å². The highest BCUT2D eigenvalue weighted by Crippen LogP contribution is 2.04. The second kappa shape index (κ2) is 10.7. The van der Waals surface area contributed by atoms with E-state index in [1.807, 2.05) is 0 Å². The van der Waals surface area contributed by atoms with Crippen LogP contribution in [0.1, 0.15) is 33.1 Å². The molecule has 1 aliphatic rings. The zero-order valence-corrected chi connectivity index (χ0v) is 12.1. The molecule has 4 nitrogen and oxygen atoms in total. The zero-order chi connectivity index (χ0) is 13.1. The molecule has 1 saturated heterocycles.